The predicted octanol–water partition coefficient (Wildman–Crippen LogP) is 18.3. The van der Waals surface area contributed by atoms with Gasteiger partial charge in [0, 0.05) is 67.6 Å². The highest BCUT2D eigenvalue weighted by molar-refractivity contribution is 7.00. The average Bonchev–Trinajstić information content (AvgIpc) is 3.95. The molecule has 1 fully saturated rings. The topological polar surface area (TPSA) is 22.9 Å². The second-order valence-corrected chi connectivity index (χ2v) is 27.8. The third kappa shape index (κ3) is 7.52. The summed E-state index contributed by atoms with van der Waals surface area (Å²) in [5.74, 6) is 0. The van der Waals surface area contributed by atoms with E-state index in [4.69, 9.17) is 4.42 Å². The minimum absolute atomic E-state index is 0.00795. The molecule has 8 aromatic carbocycles. The number of rotatable bonds is 4. The summed E-state index contributed by atoms with van der Waals surface area (Å²) in [6.07, 6.45) is 4.70. The van der Waals surface area contributed by atoms with Gasteiger partial charge in [-0.2, -0.15) is 0 Å². The summed E-state index contributed by atoms with van der Waals surface area (Å²) in [5, 5.41) is 2.29. The molecule has 1 aliphatic carbocycles. The fourth-order valence-corrected chi connectivity index (χ4v) is 14.1. The van der Waals surface area contributed by atoms with Gasteiger partial charge in [0.15, 0.2) is 0 Å². The van der Waals surface area contributed by atoms with Crippen LogP contribution in [0.5, 0.6) is 0 Å². The molecule has 4 heterocycles. The quantitative estimate of drug-likeness (QED) is 0.164. The first-order valence-corrected chi connectivity index (χ1v) is 28.6. The van der Waals surface area contributed by atoms with Crippen LogP contribution in [0.2, 0.25) is 0 Å². The van der Waals surface area contributed by atoms with Gasteiger partial charge >= 0.3 is 0 Å². The number of hydrogen-bond acceptors (Lipinski definition) is 4. The zero-order chi connectivity index (χ0) is 53.9. The van der Waals surface area contributed by atoms with E-state index in [1.165, 1.54) is 102 Å². The number of nitrogens with zero attached hydrogens (tertiary/aromatic N) is 3. The zero-order valence-electron chi connectivity index (χ0n) is 48.2. The first-order chi connectivity index (χ1) is 36.4. The number of anilines is 8. The lowest BCUT2D eigenvalue weighted by molar-refractivity contribution is 0.195. The Hall–Kier alpha value is -6.98. The minimum Gasteiger partial charge on any atom is -0.456 e. The van der Waals surface area contributed by atoms with Crippen LogP contribution >= 0.6 is 0 Å². The van der Waals surface area contributed by atoms with Gasteiger partial charge in [-0.3, -0.25) is 0 Å². The monoisotopic (exact) mass is 1010 g/mol. The highest BCUT2D eigenvalue weighted by Crippen LogP contribution is 2.62. The van der Waals surface area contributed by atoms with Crippen molar-refractivity contribution in [2.75, 3.05) is 14.7 Å². The van der Waals surface area contributed by atoms with E-state index in [2.05, 4.69) is 269 Å². The maximum absolute atomic E-state index is 6.94. The molecular formula is C72H76BN3O. The van der Waals surface area contributed by atoms with Crippen LogP contribution in [0.25, 0.3) is 33.1 Å². The molecule has 0 radical (unpaired) electrons. The molecule has 0 saturated heterocycles. The van der Waals surface area contributed by atoms with Crippen LogP contribution < -0.4 is 31.1 Å². The Labute approximate surface area is 459 Å². The number of para-hydroxylation sites is 1. The molecular weight excluding hydrogens is 934 g/mol. The molecule has 77 heavy (non-hydrogen) atoms. The largest absolute Gasteiger partial charge is 0.456 e. The number of furan rings is 1. The van der Waals surface area contributed by atoms with Gasteiger partial charge in [0.05, 0.1) is 11.2 Å². The smallest absolute Gasteiger partial charge is 0.252 e. The maximum Gasteiger partial charge on any atom is 0.252 e. The van der Waals surface area contributed by atoms with Gasteiger partial charge in [-0.1, -0.05) is 200 Å². The van der Waals surface area contributed by atoms with Crippen molar-refractivity contribution < 1.29 is 4.42 Å². The lowest BCUT2D eigenvalue weighted by Crippen LogP contribution is -2.61. The molecule has 1 aromatic heterocycles. The van der Waals surface area contributed by atoms with Gasteiger partial charge in [0.25, 0.3) is 6.71 Å². The first-order valence-electron chi connectivity index (χ1n) is 28.6. The van der Waals surface area contributed by atoms with E-state index in [0.29, 0.717) is 0 Å². The van der Waals surface area contributed by atoms with Gasteiger partial charge in [-0.05, 0) is 146 Å². The van der Waals surface area contributed by atoms with Crippen molar-refractivity contribution in [3.8, 4) is 11.1 Å². The fraction of sp³-hybridized carbons (Fsp3) is 0.333. The van der Waals surface area contributed by atoms with Crippen LogP contribution in [0.15, 0.2) is 162 Å². The molecule has 13 rings (SSSR count). The summed E-state index contributed by atoms with van der Waals surface area (Å²) in [6, 6.07) is 61.4. The Morgan fingerprint density at radius 3 is 1.66 bits per heavy atom. The summed E-state index contributed by atoms with van der Waals surface area (Å²) in [7, 11) is 0. The molecule has 4 aliphatic rings. The van der Waals surface area contributed by atoms with Crippen molar-refractivity contribution in [2.45, 2.75) is 155 Å². The zero-order valence-corrected chi connectivity index (χ0v) is 48.2. The van der Waals surface area contributed by atoms with Crippen LogP contribution in [-0.4, -0.2) is 12.3 Å². The van der Waals surface area contributed by atoms with Crippen molar-refractivity contribution >= 4 is 90.5 Å². The van der Waals surface area contributed by atoms with E-state index >= 15 is 0 Å². The summed E-state index contributed by atoms with van der Waals surface area (Å²) in [4.78, 5) is 8.10. The molecule has 2 unspecified atom stereocenters. The third-order valence-electron chi connectivity index (χ3n) is 18.8. The SMILES string of the molecule is CC(C)(C)c1ccc(N2c3ccc(C(C)(C)C)cc3B3c4cc5c(cc4N(c4ccc(C(C)(C)C)cc4-c4ccccc4)c4cc(N6c7ccc(C(C)(C)C)cc7C7(C)CCCCC67C)cc2c43)oc2ccccc25)cc1. The first kappa shape index (κ1) is 49.6. The van der Waals surface area contributed by atoms with E-state index in [1.807, 2.05) is 0 Å². The molecule has 3 aliphatic heterocycles. The van der Waals surface area contributed by atoms with Crippen LogP contribution in [0, 0.1) is 0 Å². The van der Waals surface area contributed by atoms with Gasteiger partial charge < -0.3 is 19.1 Å². The van der Waals surface area contributed by atoms with E-state index < -0.39 is 0 Å². The second-order valence-electron chi connectivity index (χ2n) is 27.8. The van der Waals surface area contributed by atoms with E-state index in [0.717, 1.165) is 46.2 Å². The highest BCUT2D eigenvalue weighted by Gasteiger charge is 2.58. The summed E-state index contributed by atoms with van der Waals surface area (Å²) in [6.45, 7) is 33.2. The van der Waals surface area contributed by atoms with Crippen molar-refractivity contribution in [1.29, 1.82) is 0 Å². The standard InChI is InChI=1S/C72H76BN3O/c1-67(2,3)46-26-31-50(32-27-46)74-60-35-30-49(70(10,11)12)40-56(60)73-57-43-54-52-24-18-19-25-64(52)77-65(54)44-61(57)75(58-33-28-47(68(4,5)6)38-53(58)45-22-16-15-17-23-45)63-42-51(41-62(74)66(63)73)76-59-34-29-48(69(7,8)9)39-55(59)71(13)36-20-21-37-72(71,76)14/h15-19,22-35,38-44H,20-21,36-37H2,1-14H3. The minimum atomic E-state index is -0.181. The van der Waals surface area contributed by atoms with Crippen LogP contribution in [0.4, 0.5) is 45.5 Å². The summed E-state index contributed by atoms with van der Waals surface area (Å²) < 4.78 is 6.94. The Bertz CT molecular complexity index is 3860. The number of fused-ring (bicyclic) bond motifs is 10. The lowest BCUT2D eigenvalue weighted by atomic mass is 9.33. The van der Waals surface area contributed by atoms with Gasteiger partial charge in [-0.25, -0.2) is 0 Å². The molecule has 0 spiro atoms. The van der Waals surface area contributed by atoms with Crippen LogP contribution in [-0.2, 0) is 27.1 Å². The van der Waals surface area contributed by atoms with Crippen LogP contribution in [0.1, 0.15) is 150 Å². The highest BCUT2D eigenvalue weighted by atomic mass is 16.3. The molecule has 1 saturated carbocycles. The van der Waals surface area contributed by atoms with Gasteiger partial charge in [-0.15, -0.1) is 0 Å². The van der Waals surface area contributed by atoms with Crippen molar-refractivity contribution in [3.63, 3.8) is 0 Å². The molecule has 5 heteroatoms. The summed E-state index contributed by atoms with van der Waals surface area (Å²) in [5.41, 5.74) is 24.3. The second kappa shape index (κ2) is 16.8. The summed E-state index contributed by atoms with van der Waals surface area (Å²) >= 11 is 0. The van der Waals surface area contributed by atoms with Crippen molar-refractivity contribution in [1.82, 2.24) is 0 Å². The molecule has 0 N–H and O–H groups in total. The molecule has 388 valence electrons. The van der Waals surface area contributed by atoms with Gasteiger partial charge in [0.2, 0.25) is 0 Å². The number of hydrogen-bond donors (Lipinski definition) is 0. The normalized spacial score (nSPS) is 19.1. The third-order valence-corrected chi connectivity index (χ3v) is 18.8. The Morgan fingerprint density at radius 1 is 0.429 bits per heavy atom. The average molecular weight is 1010 g/mol. The maximum atomic E-state index is 6.94. The van der Waals surface area contributed by atoms with Crippen molar-refractivity contribution in [2.24, 2.45) is 0 Å². The predicted molar refractivity (Wildman–Crippen MR) is 331 cm³/mol. The molecule has 9 aromatic rings. The van der Waals surface area contributed by atoms with E-state index in [9.17, 15) is 0 Å². The van der Waals surface area contributed by atoms with Crippen molar-refractivity contribution in [3.05, 3.63) is 186 Å². The Balaban J connectivity index is 1.20. The Kier molecular flexibility index (Phi) is 10.8. The lowest BCUT2D eigenvalue weighted by Gasteiger charge is -2.51. The molecule has 4 nitrogen and oxygen atoms in total. The Morgan fingerprint density at radius 2 is 0.987 bits per heavy atom. The van der Waals surface area contributed by atoms with Crippen LogP contribution in [0.3, 0.4) is 0 Å². The fourth-order valence-electron chi connectivity index (χ4n) is 14.1. The molecule has 0 amide bonds. The van der Waals surface area contributed by atoms with E-state index in [-0.39, 0.29) is 39.3 Å². The number of benzene rings is 8. The van der Waals surface area contributed by atoms with E-state index in [1.54, 1.807) is 0 Å². The molecule has 0 bridgehead atoms. The van der Waals surface area contributed by atoms with Gasteiger partial charge in [0.1, 0.15) is 11.2 Å². The molecule has 2 atom stereocenters.